The highest BCUT2D eigenvalue weighted by Gasteiger charge is 2.22. The monoisotopic (exact) mass is 363 g/mol. The van der Waals surface area contributed by atoms with Gasteiger partial charge in [-0.1, -0.05) is 50.2 Å². The number of rotatable bonds is 4. The summed E-state index contributed by atoms with van der Waals surface area (Å²) in [7, 11) is 0. The maximum absolute atomic E-state index is 14.2. The van der Waals surface area contributed by atoms with Crippen molar-refractivity contribution < 1.29 is 4.39 Å². The van der Waals surface area contributed by atoms with E-state index in [2.05, 4.69) is 43.4 Å². The van der Waals surface area contributed by atoms with Crippen LogP contribution in [0.4, 0.5) is 10.2 Å². The third kappa shape index (κ3) is 3.48. The molecule has 3 aromatic rings. The Kier molecular flexibility index (Phi) is 4.97. The second-order valence-corrected chi connectivity index (χ2v) is 7.55. The first kappa shape index (κ1) is 17.8. The van der Waals surface area contributed by atoms with Crippen molar-refractivity contribution in [3.05, 3.63) is 76.7 Å². The number of benzene rings is 2. The van der Waals surface area contributed by atoms with Crippen molar-refractivity contribution in [2.45, 2.75) is 45.4 Å². The summed E-state index contributed by atoms with van der Waals surface area (Å²) in [5.74, 6) is 1.32. The molecule has 140 valence electrons. The fourth-order valence-electron chi connectivity index (χ4n) is 3.88. The van der Waals surface area contributed by atoms with E-state index in [1.165, 1.54) is 17.2 Å². The fourth-order valence-corrected chi connectivity index (χ4v) is 3.88. The molecule has 1 N–H and O–H groups in total. The van der Waals surface area contributed by atoms with E-state index < -0.39 is 0 Å². The zero-order valence-electron chi connectivity index (χ0n) is 16.0. The normalized spacial score (nSPS) is 13.9. The molecule has 2 aromatic carbocycles. The van der Waals surface area contributed by atoms with Crippen LogP contribution in [0.5, 0.6) is 0 Å². The summed E-state index contributed by atoms with van der Waals surface area (Å²) in [6.45, 7) is 5.35. The number of halogens is 1. The molecule has 0 bridgehead atoms. The second kappa shape index (κ2) is 7.55. The van der Waals surface area contributed by atoms with E-state index in [-0.39, 0.29) is 5.82 Å². The predicted molar refractivity (Wildman–Crippen MR) is 108 cm³/mol. The molecule has 0 radical (unpaired) electrons. The van der Waals surface area contributed by atoms with Crippen molar-refractivity contribution in [2.24, 2.45) is 0 Å². The van der Waals surface area contributed by atoms with Gasteiger partial charge in [-0.3, -0.25) is 0 Å². The lowest BCUT2D eigenvalue weighted by atomic mass is 10.0. The number of anilines is 1. The van der Waals surface area contributed by atoms with Crippen LogP contribution in [0.2, 0.25) is 0 Å². The van der Waals surface area contributed by atoms with E-state index in [4.69, 9.17) is 5.10 Å². The van der Waals surface area contributed by atoms with Gasteiger partial charge in [0.1, 0.15) is 11.6 Å². The molecule has 1 aliphatic heterocycles. The minimum absolute atomic E-state index is 0.162. The maximum atomic E-state index is 14.2. The van der Waals surface area contributed by atoms with E-state index in [0.717, 1.165) is 43.0 Å². The smallest absolute Gasteiger partial charge is 0.133 e. The fraction of sp³-hybridized carbons (Fsp3) is 0.348. The molecule has 0 fully saturated rings. The van der Waals surface area contributed by atoms with Crippen molar-refractivity contribution in [1.29, 1.82) is 0 Å². The average Bonchev–Trinajstić information content (AvgIpc) is 2.84. The molecule has 27 heavy (non-hydrogen) atoms. The third-order valence-corrected chi connectivity index (χ3v) is 5.32. The van der Waals surface area contributed by atoms with E-state index in [1.807, 2.05) is 16.8 Å². The quantitative estimate of drug-likeness (QED) is 0.666. The van der Waals surface area contributed by atoms with Crippen LogP contribution >= 0.6 is 0 Å². The molecule has 0 unspecified atom stereocenters. The van der Waals surface area contributed by atoms with E-state index in [9.17, 15) is 4.39 Å². The van der Waals surface area contributed by atoms with E-state index >= 15 is 0 Å². The SMILES string of the molecule is CC(C)c1ccccc1-n1nc(Cc2ccccc2F)c2c1NCCCC2. The van der Waals surface area contributed by atoms with Gasteiger partial charge in [-0.15, -0.1) is 0 Å². The van der Waals surface area contributed by atoms with Crippen molar-refractivity contribution in [2.75, 3.05) is 11.9 Å². The Balaban J connectivity index is 1.84. The van der Waals surface area contributed by atoms with E-state index in [1.54, 1.807) is 6.07 Å². The predicted octanol–water partition coefficient (Wildman–Crippen LogP) is 5.47. The Morgan fingerprint density at radius 2 is 1.85 bits per heavy atom. The van der Waals surface area contributed by atoms with Crippen molar-refractivity contribution in [3.63, 3.8) is 0 Å². The van der Waals surface area contributed by atoms with Crippen molar-refractivity contribution >= 4 is 5.82 Å². The average molecular weight is 363 g/mol. The summed E-state index contributed by atoms with van der Waals surface area (Å²) in [5.41, 5.74) is 5.29. The van der Waals surface area contributed by atoms with Gasteiger partial charge in [0, 0.05) is 18.5 Å². The molecule has 1 aromatic heterocycles. The van der Waals surface area contributed by atoms with Crippen molar-refractivity contribution in [1.82, 2.24) is 9.78 Å². The topological polar surface area (TPSA) is 29.9 Å². The lowest BCUT2D eigenvalue weighted by Gasteiger charge is -2.15. The Morgan fingerprint density at radius 1 is 1.07 bits per heavy atom. The molecule has 0 saturated carbocycles. The summed E-state index contributed by atoms with van der Waals surface area (Å²) in [6.07, 6.45) is 3.77. The zero-order chi connectivity index (χ0) is 18.8. The van der Waals surface area contributed by atoms with Crippen LogP contribution in [-0.2, 0) is 12.8 Å². The molecular formula is C23H26FN3. The summed E-state index contributed by atoms with van der Waals surface area (Å²) in [6, 6.07) is 15.4. The van der Waals surface area contributed by atoms with Crippen LogP contribution in [0.15, 0.2) is 48.5 Å². The Bertz CT molecular complexity index is 943. The lowest BCUT2D eigenvalue weighted by Crippen LogP contribution is -2.09. The third-order valence-electron chi connectivity index (χ3n) is 5.32. The second-order valence-electron chi connectivity index (χ2n) is 7.55. The number of fused-ring (bicyclic) bond motifs is 1. The first-order valence-electron chi connectivity index (χ1n) is 9.82. The van der Waals surface area contributed by atoms with Gasteiger partial charge in [0.15, 0.2) is 0 Å². The highest BCUT2D eigenvalue weighted by atomic mass is 19.1. The van der Waals surface area contributed by atoms with Gasteiger partial charge in [0.05, 0.1) is 11.4 Å². The summed E-state index contributed by atoms with van der Waals surface area (Å²) < 4.78 is 16.3. The lowest BCUT2D eigenvalue weighted by molar-refractivity contribution is 0.612. The Hall–Kier alpha value is -2.62. The van der Waals surface area contributed by atoms with Crippen LogP contribution in [0.1, 0.15) is 55.0 Å². The minimum Gasteiger partial charge on any atom is -0.370 e. The first-order valence-corrected chi connectivity index (χ1v) is 9.82. The van der Waals surface area contributed by atoms with Gasteiger partial charge in [0.2, 0.25) is 0 Å². The van der Waals surface area contributed by atoms with Gasteiger partial charge in [-0.2, -0.15) is 5.10 Å². The minimum atomic E-state index is -0.162. The van der Waals surface area contributed by atoms with Crippen LogP contribution in [0.3, 0.4) is 0 Å². The summed E-state index contributed by atoms with van der Waals surface area (Å²) in [5, 5.41) is 8.56. The maximum Gasteiger partial charge on any atom is 0.133 e. The molecule has 0 aliphatic carbocycles. The Morgan fingerprint density at radius 3 is 2.67 bits per heavy atom. The molecule has 4 heteroatoms. The standard InChI is InChI=1S/C23H26FN3/c1-16(2)18-10-4-6-13-22(18)27-23-19(11-7-8-14-25-23)21(26-27)15-17-9-3-5-12-20(17)24/h3-6,9-10,12-13,16,25H,7-8,11,14-15H2,1-2H3. The van der Waals surface area contributed by atoms with Crippen LogP contribution in [-0.4, -0.2) is 16.3 Å². The molecule has 1 aliphatic rings. The molecular weight excluding hydrogens is 337 g/mol. The molecule has 0 spiro atoms. The number of hydrogen-bond donors (Lipinski definition) is 1. The Labute approximate surface area is 160 Å². The molecule has 3 nitrogen and oxygen atoms in total. The number of nitrogens with zero attached hydrogens (tertiary/aromatic N) is 2. The number of aromatic nitrogens is 2. The van der Waals surface area contributed by atoms with Crippen LogP contribution in [0.25, 0.3) is 5.69 Å². The molecule has 2 heterocycles. The number of hydrogen-bond acceptors (Lipinski definition) is 2. The highest BCUT2D eigenvalue weighted by Crippen LogP contribution is 2.32. The number of nitrogens with one attached hydrogen (secondary N) is 1. The van der Waals surface area contributed by atoms with Crippen molar-refractivity contribution in [3.8, 4) is 5.69 Å². The molecule has 0 amide bonds. The van der Waals surface area contributed by atoms with Gasteiger partial charge in [0.25, 0.3) is 0 Å². The zero-order valence-corrected chi connectivity index (χ0v) is 16.0. The summed E-state index contributed by atoms with van der Waals surface area (Å²) in [4.78, 5) is 0. The van der Waals surface area contributed by atoms with Gasteiger partial charge >= 0.3 is 0 Å². The highest BCUT2D eigenvalue weighted by molar-refractivity contribution is 5.57. The van der Waals surface area contributed by atoms with Gasteiger partial charge in [-0.05, 0) is 48.4 Å². The van der Waals surface area contributed by atoms with Gasteiger partial charge < -0.3 is 5.32 Å². The van der Waals surface area contributed by atoms with Crippen LogP contribution in [0, 0.1) is 5.82 Å². The van der Waals surface area contributed by atoms with Crippen LogP contribution < -0.4 is 5.32 Å². The number of para-hydroxylation sites is 1. The molecule has 4 rings (SSSR count). The summed E-state index contributed by atoms with van der Waals surface area (Å²) >= 11 is 0. The first-order chi connectivity index (χ1) is 13.1. The van der Waals surface area contributed by atoms with Gasteiger partial charge in [-0.25, -0.2) is 9.07 Å². The van der Waals surface area contributed by atoms with E-state index in [0.29, 0.717) is 17.9 Å². The largest absolute Gasteiger partial charge is 0.370 e. The molecule has 0 saturated heterocycles. The molecule has 0 atom stereocenters.